The smallest absolute Gasteiger partial charge is 0.255 e. The van der Waals surface area contributed by atoms with E-state index in [0.717, 1.165) is 12.1 Å². The molecule has 2 aromatic rings. The zero-order valence-corrected chi connectivity index (χ0v) is 10.7. The Balaban J connectivity index is 2.56. The fourth-order valence-corrected chi connectivity index (χ4v) is 1.68. The summed E-state index contributed by atoms with van der Waals surface area (Å²) in [6, 6.07) is 1.55. The predicted octanol–water partition coefficient (Wildman–Crippen LogP) is 4.47. The fourth-order valence-electron chi connectivity index (χ4n) is 1.27. The molecule has 0 spiro atoms. The molecule has 0 fully saturated rings. The summed E-state index contributed by atoms with van der Waals surface area (Å²) in [5, 5.41) is 0. The van der Waals surface area contributed by atoms with Crippen molar-refractivity contribution in [2.24, 2.45) is 0 Å². The minimum atomic E-state index is -1.98. The first-order valence-corrected chi connectivity index (χ1v) is 5.63. The largest absolute Gasteiger partial charge is 0.448 e. The third kappa shape index (κ3) is 2.58. The van der Waals surface area contributed by atoms with Gasteiger partial charge in [0.1, 0.15) is 0 Å². The van der Waals surface area contributed by atoms with Crippen LogP contribution >= 0.6 is 15.9 Å². The highest BCUT2D eigenvalue weighted by atomic mass is 79.9. The van der Waals surface area contributed by atoms with Crippen molar-refractivity contribution >= 4 is 15.9 Å². The molecule has 0 saturated carbocycles. The van der Waals surface area contributed by atoms with Crippen molar-refractivity contribution in [3.63, 3.8) is 0 Å². The molecule has 1 aromatic heterocycles. The maximum Gasteiger partial charge on any atom is 0.255 e. The van der Waals surface area contributed by atoms with Gasteiger partial charge in [0.2, 0.25) is 23.2 Å². The Morgan fingerprint density at radius 3 is 1.95 bits per heavy atom. The molecule has 0 unspecified atom stereocenters. The first-order valence-electron chi connectivity index (χ1n) is 4.83. The molecule has 0 aliphatic carbocycles. The van der Waals surface area contributed by atoms with E-state index in [0.29, 0.717) is 0 Å². The van der Waals surface area contributed by atoms with E-state index in [1.807, 2.05) is 0 Å². The summed E-state index contributed by atoms with van der Waals surface area (Å²) in [6.45, 7) is 0. The van der Waals surface area contributed by atoms with Crippen molar-refractivity contribution < 1.29 is 31.1 Å². The van der Waals surface area contributed by atoms with E-state index in [2.05, 4.69) is 25.7 Å². The van der Waals surface area contributed by atoms with Crippen LogP contribution in [0, 0.1) is 35.2 Å². The van der Waals surface area contributed by atoms with Crippen LogP contribution in [-0.2, 0) is 0 Å². The van der Waals surface area contributed by atoms with Gasteiger partial charge < -0.3 is 4.74 Å². The van der Waals surface area contributed by atoms with Crippen LogP contribution < -0.4 is 4.74 Å². The summed E-state index contributed by atoms with van der Waals surface area (Å²) >= 11 is 2.79. The Kier molecular flexibility index (Phi) is 3.89. The van der Waals surface area contributed by atoms with Gasteiger partial charge in [-0.15, -0.1) is 0 Å². The van der Waals surface area contributed by atoms with Gasteiger partial charge in [0.05, 0.1) is 0 Å². The molecule has 0 saturated heterocycles. The van der Waals surface area contributed by atoms with E-state index in [9.17, 15) is 26.3 Å². The van der Waals surface area contributed by atoms with E-state index in [-0.39, 0.29) is 4.47 Å². The van der Waals surface area contributed by atoms with Crippen LogP contribution in [0.4, 0.5) is 26.3 Å². The Morgan fingerprint density at radius 1 is 0.850 bits per heavy atom. The van der Waals surface area contributed by atoms with Gasteiger partial charge >= 0.3 is 0 Å². The van der Waals surface area contributed by atoms with E-state index >= 15 is 0 Å². The lowest BCUT2D eigenvalue weighted by molar-refractivity contribution is 0.331. The normalized spacial score (nSPS) is 10.8. The third-order valence-corrected chi connectivity index (χ3v) is 2.59. The molecule has 2 rings (SSSR count). The first kappa shape index (κ1) is 14.6. The van der Waals surface area contributed by atoms with E-state index in [1.165, 1.54) is 0 Å². The van der Waals surface area contributed by atoms with Crippen LogP contribution in [0.2, 0.25) is 0 Å². The number of benzene rings is 1. The van der Waals surface area contributed by atoms with Gasteiger partial charge in [-0.2, -0.15) is 26.9 Å². The quantitative estimate of drug-likeness (QED) is 0.449. The summed E-state index contributed by atoms with van der Waals surface area (Å²) < 4.78 is 83.0. The van der Waals surface area contributed by atoms with Gasteiger partial charge in [-0.1, -0.05) is 15.9 Å². The van der Waals surface area contributed by atoms with Crippen LogP contribution in [-0.4, -0.2) is 4.98 Å². The third-order valence-electron chi connectivity index (χ3n) is 2.13. The Bertz CT molecular complexity index is 667. The number of nitrogens with zero attached hydrogens (tertiary/aromatic N) is 1. The van der Waals surface area contributed by atoms with Gasteiger partial charge in [-0.05, 0) is 12.1 Å². The summed E-state index contributed by atoms with van der Waals surface area (Å²) in [5.41, 5.74) is 0. The molecule has 0 bridgehead atoms. The fraction of sp³-hybridized carbons (Fsp3) is 0. The molecule has 0 radical (unpaired) electrons. The van der Waals surface area contributed by atoms with Crippen molar-refractivity contribution in [3.05, 3.63) is 51.8 Å². The lowest BCUT2D eigenvalue weighted by Crippen LogP contribution is -2.04. The Hall–Kier alpha value is -1.77. The standard InChI is InChI=1S/C11H2BrF6NO/c12-3-1-4(13)6(14)5(2-3)20-9-7(15)10(17)19-11(18)8(9)16/h1-2H. The Morgan fingerprint density at radius 2 is 1.40 bits per heavy atom. The van der Waals surface area contributed by atoms with Crippen molar-refractivity contribution in [2.45, 2.75) is 0 Å². The summed E-state index contributed by atoms with van der Waals surface area (Å²) in [7, 11) is 0. The lowest BCUT2D eigenvalue weighted by atomic mass is 10.3. The molecule has 9 heteroatoms. The number of ether oxygens (including phenoxy) is 1. The molecule has 20 heavy (non-hydrogen) atoms. The highest BCUT2D eigenvalue weighted by Crippen LogP contribution is 2.33. The SMILES string of the molecule is Fc1cc(Br)cc(Oc2c(F)c(F)nc(F)c2F)c1F. The predicted molar refractivity (Wildman–Crippen MR) is 58.2 cm³/mol. The second-order valence-electron chi connectivity index (χ2n) is 3.45. The van der Waals surface area contributed by atoms with E-state index in [1.54, 1.807) is 0 Å². The molecule has 0 N–H and O–H groups in total. The highest BCUT2D eigenvalue weighted by Gasteiger charge is 2.24. The highest BCUT2D eigenvalue weighted by molar-refractivity contribution is 9.10. The van der Waals surface area contributed by atoms with E-state index < -0.39 is 46.7 Å². The number of hydrogen-bond donors (Lipinski definition) is 0. The molecule has 106 valence electrons. The molecule has 2 nitrogen and oxygen atoms in total. The topological polar surface area (TPSA) is 22.1 Å². The number of pyridine rings is 1. The van der Waals surface area contributed by atoms with E-state index in [4.69, 9.17) is 0 Å². The van der Waals surface area contributed by atoms with Crippen LogP contribution in [0.15, 0.2) is 16.6 Å². The minimum absolute atomic E-state index is 0.0118. The summed E-state index contributed by atoms with van der Waals surface area (Å²) in [5.74, 6) is -13.4. The zero-order chi connectivity index (χ0) is 15.0. The van der Waals surface area contributed by atoms with Gasteiger partial charge in [0.15, 0.2) is 11.6 Å². The van der Waals surface area contributed by atoms with Crippen LogP contribution in [0.3, 0.4) is 0 Å². The average Bonchev–Trinajstić information content (AvgIpc) is 2.37. The molecule has 0 amide bonds. The second-order valence-corrected chi connectivity index (χ2v) is 4.37. The zero-order valence-electron chi connectivity index (χ0n) is 9.16. The van der Waals surface area contributed by atoms with Crippen LogP contribution in [0.1, 0.15) is 0 Å². The summed E-state index contributed by atoms with van der Waals surface area (Å²) in [4.78, 5) is 2.29. The molecule has 0 atom stereocenters. The van der Waals surface area contributed by atoms with Gasteiger partial charge in [-0.3, -0.25) is 0 Å². The average molecular weight is 358 g/mol. The monoisotopic (exact) mass is 357 g/mol. The number of hydrogen-bond acceptors (Lipinski definition) is 2. The molecule has 1 heterocycles. The van der Waals surface area contributed by atoms with Gasteiger partial charge in [-0.25, -0.2) is 4.39 Å². The van der Waals surface area contributed by atoms with Crippen molar-refractivity contribution in [1.82, 2.24) is 4.98 Å². The van der Waals surface area contributed by atoms with Crippen LogP contribution in [0.25, 0.3) is 0 Å². The first-order chi connectivity index (χ1) is 9.31. The maximum atomic E-state index is 13.4. The van der Waals surface area contributed by atoms with Crippen molar-refractivity contribution in [3.8, 4) is 11.5 Å². The molecule has 0 aliphatic heterocycles. The van der Waals surface area contributed by atoms with Crippen molar-refractivity contribution in [2.75, 3.05) is 0 Å². The number of aromatic nitrogens is 1. The van der Waals surface area contributed by atoms with Gasteiger partial charge in [0.25, 0.3) is 11.9 Å². The van der Waals surface area contributed by atoms with Gasteiger partial charge in [0, 0.05) is 4.47 Å². The molecule has 0 aliphatic rings. The maximum absolute atomic E-state index is 13.4. The number of halogens is 7. The van der Waals surface area contributed by atoms with Crippen LogP contribution in [0.5, 0.6) is 11.5 Å². The van der Waals surface area contributed by atoms with Crippen molar-refractivity contribution in [1.29, 1.82) is 0 Å². The number of rotatable bonds is 2. The molecular formula is C11H2BrF6NO. The second kappa shape index (κ2) is 5.31. The Labute approximate surface area is 116 Å². The minimum Gasteiger partial charge on any atom is -0.448 e. The lowest BCUT2D eigenvalue weighted by Gasteiger charge is -2.10. The molecular weight excluding hydrogens is 356 g/mol. The molecule has 1 aromatic carbocycles. The summed E-state index contributed by atoms with van der Waals surface area (Å²) in [6.07, 6.45) is 0.